The maximum Gasteiger partial charge on any atom is 0.132 e. The third kappa shape index (κ3) is 4.24. The van der Waals surface area contributed by atoms with Crippen LogP contribution in [0.15, 0.2) is 34.7 Å². The van der Waals surface area contributed by atoms with E-state index in [1.54, 1.807) is 25.6 Å². The lowest BCUT2D eigenvalue weighted by Gasteiger charge is -2.08. The van der Waals surface area contributed by atoms with E-state index in [4.69, 9.17) is 14.5 Å². The lowest BCUT2D eigenvalue weighted by molar-refractivity contribution is 0.395. The topological polar surface area (TPSA) is 68.0 Å². The summed E-state index contributed by atoms with van der Waals surface area (Å²) in [5.74, 6) is 2.12. The van der Waals surface area contributed by atoms with E-state index in [9.17, 15) is 5.26 Å². The Morgan fingerprint density at radius 3 is 2.67 bits per heavy atom. The smallest absolute Gasteiger partial charge is 0.132 e. The monoisotopic (exact) mass is 397 g/mol. The lowest BCUT2D eigenvalue weighted by Crippen LogP contribution is -1.95. The first-order valence-electron chi connectivity index (χ1n) is 8.23. The first kappa shape index (κ1) is 19.2. The number of hydrogen-bond donors (Lipinski definition) is 0. The molecule has 7 heteroatoms. The van der Waals surface area contributed by atoms with Gasteiger partial charge < -0.3 is 9.47 Å². The van der Waals surface area contributed by atoms with Crippen molar-refractivity contribution >= 4 is 23.1 Å². The number of nitrogens with zero attached hydrogens (tertiary/aromatic N) is 3. The van der Waals surface area contributed by atoms with Crippen molar-refractivity contribution in [3.8, 4) is 28.1 Å². The Labute approximate surface area is 167 Å². The third-order valence-corrected chi connectivity index (χ3v) is 5.90. The Morgan fingerprint density at radius 2 is 1.96 bits per heavy atom. The molecule has 1 aromatic carbocycles. The minimum atomic E-state index is 0.637. The van der Waals surface area contributed by atoms with Crippen molar-refractivity contribution < 1.29 is 9.47 Å². The van der Waals surface area contributed by atoms with E-state index in [0.717, 1.165) is 44.0 Å². The van der Waals surface area contributed by atoms with Gasteiger partial charge in [-0.2, -0.15) is 5.26 Å². The van der Waals surface area contributed by atoms with E-state index in [1.807, 2.05) is 43.5 Å². The molecule has 0 N–H and O–H groups in total. The van der Waals surface area contributed by atoms with Gasteiger partial charge in [0.15, 0.2) is 0 Å². The van der Waals surface area contributed by atoms with E-state index < -0.39 is 0 Å². The number of benzene rings is 1. The number of thioether (sulfide) groups is 1. The quantitative estimate of drug-likeness (QED) is 0.545. The van der Waals surface area contributed by atoms with Crippen LogP contribution in [0.3, 0.4) is 0 Å². The standard InChI is InChI=1S/C20H19N3O2S2/c1-12-7-13(2)22-20(17(12)9-21)27-11-14-10-26-19(23-14)16-6-5-15(24-3)8-18(16)25-4/h5-8,10H,11H2,1-4H3. The molecular formula is C20H19N3O2S2. The summed E-state index contributed by atoms with van der Waals surface area (Å²) in [6.07, 6.45) is 0. The first-order valence-corrected chi connectivity index (χ1v) is 10.1. The Hall–Kier alpha value is -2.56. The van der Waals surface area contributed by atoms with Crippen LogP contribution in [0.4, 0.5) is 0 Å². The molecule has 3 rings (SSSR count). The van der Waals surface area contributed by atoms with Crippen molar-refractivity contribution in [1.82, 2.24) is 9.97 Å². The summed E-state index contributed by atoms with van der Waals surface area (Å²) in [5.41, 5.74) is 4.38. The van der Waals surface area contributed by atoms with Gasteiger partial charge in [0, 0.05) is 22.9 Å². The highest BCUT2D eigenvalue weighted by Gasteiger charge is 2.14. The second-order valence-corrected chi connectivity index (χ2v) is 7.69. The van der Waals surface area contributed by atoms with Crippen molar-refractivity contribution in [2.75, 3.05) is 14.2 Å². The molecule has 0 aliphatic rings. The summed E-state index contributed by atoms with van der Waals surface area (Å²) in [6.45, 7) is 3.88. The highest BCUT2D eigenvalue weighted by atomic mass is 32.2. The van der Waals surface area contributed by atoms with Crippen LogP contribution in [-0.2, 0) is 5.75 Å². The van der Waals surface area contributed by atoms with Crippen molar-refractivity contribution in [1.29, 1.82) is 5.26 Å². The molecule has 0 radical (unpaired) electrons. The SMILES string of the molecule is COc1ccc(-c2nc(CSc3nc(C)cc(C)c3C#N)cs2)c(OC)c1. The fourth-order valence-corrected chi connectivity index (χ4v) is 4.60. The number of ether oxygens (including phenoxy) is 2. The number of hydrogen-bond acceptors (Lipinski definition) is 7. The molecule has 0 saturated heterocycles. The van der Waals surface area contributed by atoms with Crippen LogP contribution in [0.25, 0.3) is 10.6 Å². The zero-order valence-corrected chi connectivity index (χ0v) is 17.2. The Kier molecular flexibility index (Phi) is 5.99. The lowest BCUT2D eigenvalue weighted by atomic mass is 10.1. The Balaban J connectivity index is 1.81. The third-order valence-electron chi connectivity index (χ3n) is 3.97. The predicted octanol–water partition coefficient (Wildman–Crippen LogP) is 5.00. The summed E-state index contributed by atoms with van der Waals surface area (Å²) in [6, 6.07) is 9.88. The van der Waals surface area contributed by atoms with Gasteiger partial charge in [-0.1, -0.05) is 11.8 Å². The van der Waals surface area contributed by atoms with Gasteiger partial charge in [-0.25, -0.2) is 9.97 Å². The summed E-state index contributed by atoms with van der Waals surface area (Å²) in [4.78, 5) is 9.24. The van der Waals surface area contributed by atoms with Crippen molar-refractivity contribution in [2.45, 2.75) is 24.6 Å². The highest BCUT2D eigenvalue weighted by molar-refractivity contribution is 7.98. The average Bonchev–Trinajstić information content (AvgIpc) is 3.14. The van der Waals surface area contributed by atoms with Crippen molar-refractivity contribution in [3.63, 3.8) is 0 Å². The summed E-state index contributed by atoms with van der Waals surface area (Å²) in [5, 5.41) is 13.1. The van der Waals surface area contributed by atoms with Gasteiger partial charge in [-0.3, -0.25) is 0 Å². The van der Waals surface area contributed by atoms with Crippen LogP contribution < -0.4 is 9.47 Å². The van der Waals surface area contributed by atoms with E-state index >= 15 is 0 Å². The van der Waals surface area contributed by atoms with Crippen LogP contribution in [0.2, 0.25) is 0 Å². The fraction of sp³-hybridized carbons (Fsp3) is 0.250. The van der Waals surface area contributed by atoms with Gasteiger partial charge in [-0.05, 0) is 37.6 Å². The predicted molar refractivity (Wildman–Crippen MR) is 109 cm³/mol. The minimum absolute atomic E-state index is 0.637. The second kappa shape index (κ2) is 8.42. The number of rotatable bonds is 6. The van der Waals surface area contributed by atoms with Crippen molar-refractivity contribution in [2.24, 2.45) is 0 Å². The van der Waals surface area contributed by atoms with Crippen LogP contribution in [0, 0.1) is 25.2 Å². The normalized spacial score (nSPS) is 10.5. The summed E-state index contributed by atoms with van der Waals surface area (Å²) >= 11 is 3.10. The molecular weight excluding hydrogens is 378 g/mol. The van der Waals surface area contributed by atoms with Gasteiger partial charge in [0.2, 0.25) is 0 Å². The molecule has 2 aromatic heterocycles. The van der Waals surface area contributed by atoms with Gasteiger partial charge in [0.1, 0.15) is 27.6 Å². The number of aromatic nitrogens is 2. The number of aryl methyl sites for hydroxylation is 2. The molecule has 0 atom stereocenters. The average molecular weight is 398 g/mol. The van der Waals surface area contributed by atoms with Crippen LogP contribution in [0.1, 0.15) is 22.5 Å². The zero-order chi connectivity index (χ0) is 19.4. The number of methoxy groups -OCH3 is 2. The molecule has 0 spiro atoms. The molecule has 0 aliphatic heterocycles. The first-order chi connectivity index (χ1) is 13.0. The van der Waals surface area contributed by atoms with Crippen LogP contribution in [0.5, 0.6) is 11.5 Å². The van der Waals surface area contributed by atoms with Crippen LogP contribution >= 0.6 is 23.1 Å². The minimum Gasteiger partial charge on any atom is -0.497 e. The maximum absolute atomic E-state index is 9.40. The van der Waals surface area contributed by atoms with E-state index in [-0.39, 0.29) is 0 Å². The second-order valence-electron chi connectivity index (χ2n) is 5.87. The summed E-state index contributed by atoms with van der Waals surface area (Å²) in [7, 11) is 3.27. The molecule has 138 valence electrons. The molecule has 5 nitrogen and oxygen atoms in total. The van der Waals surface area contributed by atoms with E-state index in [1.165, 1.54) is 11.8 Å². The van der Waals surface area contributed by atoms with E-state index in [2.05, 4.69) is 11.1 Å². The molecule has 0 fully saturated rings. The molecule has 3 aromatic rings. The number of nitriles is 1. The molecule has 27 heavy (non-hydrogen) atoms. The molecule has 0 saturated carbocycles. The number of pyridine rings is 1. The van der Waals surface area contributed by atoms with Crippen LogP contribution in [-0.4, -0.2) is 24.2 Å². The zero-order valence-electron chi connectivity index (χ0n) is 15.6. The molecule has 0 amide bonds. The molecule has 2 heterocycles. The molecule has 0 bridgehead atoms. The number of thiazole rings is 1. The van der Waals surface area contributed by atoms with Gasteiger partial charge in [0.25, 0.3) is 0 Å². The molecule has 0 unspecified atom stereocenters. The van der Waals surface area contributed by atoms with Gasteiger partial charge >= 0.3 is 0 Å². The Morgan fingerprint density at radius 1 is 1.15 bits per heavy atom. The van der Waals surface area contributed by atoms with Gasteiger partial charge in [0.05, 0.1) is 31.0 Å². The summed E-state index contributed by atoms with van der Waals surface area (Å²) < 4.78 is 10.7. The Bertz CT molecular complexity index is 1010. The largest absolute Gasteiger partial charge is 0.497 e. The van der Waals surface area contributed by atoms with E-state index in [0.29, 0.717) is 11.3 Å². The van der Waals surface area contributed by atoms with Gasteiger partial charge in [-0.15, -0.1) is 11.3 Å². The highest BCUT2D eigenvalue weighted by Crippen LogP contribution is 2.36. The fourth-order valence-electron chi connectivity index (χ4n) is 2.66. The molecule has 0 aliphatic carbocycles. The maximum atomic E-state index is 9.40. The van der Waals surface area contributed by atoms with Crippen molar-refractivity contribution in [3.05, 3.63) is 52.2 Å².